The number of pyridine rings is 1. The predicted molar refractivity (Wildman–Crippen MR) is 77.1 cm³/mol. The van der Waals surface area contributed by atoms with Crippen molar-refractivity contribution in [3.63, 3.8) is 0 Å². The van der Waals surface area contributed by atoms with E-state index >= 15 is 0 Å². The van der Waals surface area contributed by atoms with Crippen LogP contribution >= 0.6 is 27.3 Å². The third-order valence-electron chi connectivity index (χ3n) is 2.99. The Hall–Kier alpha value is -1.27. The van der Waals surface area contributed by atoms with Crippen molar-refractivity contribution < 1.29 is 0 Å². The SMILES string of the molecule is Brc1cnc2sc3c(NC4CC4)ncnc3c2c1. The Bertz CT molecular complexity index is 750. The molecule has 1 aliphatic carbocycles. The molecule has 0 saturated heterocycles. The van der Waals surface area contributed by atoms with Crippen LogP contribution in [0.25, 0.3) is 20.4 Å². The van der Waals surface area contributed by atoms with Gasteiger partial charge in [0.1, 0.15) is 17.0 Å². The summed E-state index contributed by atoms with van der Waals surface area (Å²) in [6.45, 7) is 0. The lowest BCUT2D eigenvalue weighted by Crippen LogP contribution is -2.02. The van der Waals surface area contributed by atoms with E-state index in [9.17, 15) is 0 Å². The fourth-order valence-corrected chi connectivity index (χ4v) is 3.32. The average molecular weight is 321 g/mol. The zero-order valence-electron chi connectivity index (χ0n) is 9.35. The lowest BCUT2D eigenvalue weighted by molar-refractivity contribution is 1.11. The third kappa shape index (κ3) is 1.67. The van der Waals surface area contributed by atoms with Crippen molar-refractivity contribution in [3.05, 3.63) is 23.1 Å². The molecule has 1 saturated carbocycles. The first-order valence-corrected chi connectivity index (χ1v) is 7.37. The molecular weight excluding hydrogens is 312 g/mol. The maximum Gasteiger partial charge on any atom is 0.147 e. The van der Waals surface area contributed by atoms with Gasteiger partial charge in [-0.3, -0.25) is 0 Å². The van der Waals surface area contributed by atoms with E-state index in [1.54, 1.807) is 17.7 Å². The second-order valence-electron chi connectivity index (χ2n) is 4.43. The molecule has 0 aliphatic heterocycles. The Kier molecular flexibility index (Phi) is 2.28. The van der Waals surface area contributed by atoms with Crippen LogP contribution in [0.4, 0.5) is 5.82 Å². The number of hydrogen-bond donors (Lipinski definition) is 1. The first-order chi connectivity index (χ1) is 8.81. The maximum atomic E-state index is 4.43. The highest BCUT2D eigenvalue weighted by atomic mass is 79.9. The van der Waals surface area contributed by atoms with E-state index in [2.05, 4.69) is 42.3 Å². The van der Waals surface area contributed by atoms with Gasteiger partial charge in [0.05, 0.1) is 10.2 Å². The third-order valence-corrected chi connectivity index (χ3v) is 4.54. The fourth-order valence-electron chi connectivity index (χ4n) is 1.96. The van der Waals surface area contributed by atoms with Gasteiger partial charge in [-0.25, -0.2) is 15.0 Å². The highest BCUT2D eigenvalue weighted by Crippen LogP contribution is 2.37. The molecule has 6 heteroatoms. The molecule has 1 fully saturated rings. The summed E-state index contributed by atoms with van der Waals surface area (Å²) in [6.07, 6.45) is 5.92. The summed E-state index contributed by atoms with van der Waals surface area (Å²) in [5, 5.41) is 4.54. The molecule has 0 spiro atoms. The van der Waals surface area contributed by atoms with E-state index in [1.807, 2.05) is 6.20 Å². The molecule has 18 heavy (non-hydrogen) atoms. The van der Waals surface area contributed by atoms with Crippen molar-refractivity contribution >= 4 is 53.5 Å². The molecule has 0 atom stereocenters. The number of fused-ring (bicyclic) bond motifs is 3. The van der Waals surface area contributed by atoms with Gasteiger partial charge in [-0.1, -0.05) is 0 Å². The van der Waals surface area contributed by atoms with Gasteiger partial charge in [0.15, 0.2) is 0 Å². The number of hydrogen-bond acceptors (Lipinski definition) is 5. The lowest BCUT2D eigenvalue weighted by Gasteiger charge is -2.02. The number of aromatic nitrogens is 3. The Morgan fingerprint density at radius 3 is 3.00 bits per heavy atom. The summed E-state index contributed by atoms with van der Waals surface area (Å²) >= 11 is 5.10. The molecule has 0 amide bonds. The van der Waals surface area contributed by atoms with E-state index in [0.29, 0.717) is 6.04 Å². The first-order valence-electron chi connectivity index (χ1n) is 5.76. The molecule has 1 N–H and O–H groups in total. The zero-order valence-corrected chi connectivity index (χ0v) is 11.8. The molecule has 4 rings (SSSR count). The van der Waals surface area contributed by atoms with E-state index in [1.165, 1.54) is 12.8 Å². The molecule has 3 aromatic heterocycles. The molecule has 0 bridgehead atoms. The van der Waals surface area contributed by atoms with Crippen LogP contribution in [-0.4, -0.2) is 21.0 Å². The number of thiophene rings is 1. The van der Waals surface area contributed by atoms with Gasteiger partial charge in [0.2, 0.25) is 0 Å². The van der Waals surface area contributed by atoms with Crippen molar-refractivity contribution in [2.24, 2.45) is 0 Å². The summed E-state index contributed by atoms with van der Waals surface area (Å²) in [4.78, 5) is 14.2. The van der Waals surface area contributed by atoms with Crippen LogP contribution in [0, 0.1) is 0 Å². The second kappa shape index (κ2) is 3.86. The van der Waals surface area contributed by atoms with E-state index in [0.717, 1.165) is 30.7 Å². The van der Waals surface area contributed by atoms with Gasteiger partial charge in [-0.15, -0.1) is 11.3 Å². The van der Waals surface area contributed by atoms with Crippen LogP contribution in [0.3, 0.4) is 0 Å². The topological polar surface area (TPSA) is 50.7 Å². The van der Waals surface area contributed by atoms with Gasteiger partial charge in [0, 0.05) is 22.1 Å². The van der Waals surface area contributed by atoms with Crippen LogP contribution in [0.2, 0.25) is 0 Å². The van der Waals surface area contributed by atoms with Gasteiger partial charge in [-0.05, 0) is 34.8 Å². The minimum Gasteiger partial charge on any atom is -0.366 e. The minimum atomic E-state index is 0.591. The summed E-state index contributed by atoms with van der Waals surface area (Å²) in [5.41, 5.74) is 0.988. The fraction of sp³-hybridized carbons (Fsp3) is 0.250. The summed E-state index contributed by atoms with van der Waals surface area (Å²) < 4.78 is 2.08. The van der Waals surface area contributed by atoms with Crippen molar-refractivity contribution in [2.75, 3.05) is 5.32 Å². The Balaban J connectivity index is 2.00. The van der Waals surface area contributed by atoms with E-state index < -0.39 is 0 Å². The van der Waals surface area contributed by atoms with E-state index in [-0.39, 0.29) is 0 Å². The number of halogens is 1. The van der Waals surface area contributed by atoms with Crippen molar-refractivity contribution in [3.8, 4) is 0 Å². The molecule has 3 aromatic rings. The summed E-state index contributed by atoms with van der Waals surface area (Å²) in [7, 11) is 0. The molecule has 0 unspecified atom stereocenters. The monoisotopic (exact) mass is 320 g/mol. The highest BCUT2D eigenvalue weighted by molar-refractivity contribution is 9.10. The number of nitrogens with zero attached hydrogens (tertiary/aromatic N) is 3. The van der Waals surface area contributed by atoms with Crippen LogP contribution in [0.1, 0.15) is 12.8 Å². The smallest absolute Gasteiger partial charge is 0.147 e. The largest absolute Gasteiger partial charge is 0.366 e. The van der Waals surface area contributed by atoms with E-state index in [4.69, 9.17) is 0 Å². The van der Waals surface area contributed by atoms with Gasteiger partial charge >= 0.3 is 0 Å². The highest BCUT2D eigenvalue weighted by Gasteiger charge is 2.23. The number of nitrogens with one attached hydrogen (secondary N) is 1. The van der Waals surface area contributed by atoms with Crippen molar-refractivity contribution in [2.45, 2.75) is 18.9 Å². The number of anilines is 1. The Labute approximate surface area is 116 Å². The molecule has 4 nitrogen and oxygen atoms in total. The van der Waals surface area contributed by atoms with Crippen LogP contribution < -0.4 is 5.32 Å². The van der Waals surface area contributed by atoms with Crippen molar-refractivity contribution in [1.29, 1.82) is 0 Å². The normalized spacial score (nSPS) is 15.4. The summed E-state index contributed by atoms with van der Waals surface area (Å²) in [5.74, 6) is 0.946. The van der Waals surface area contributed by atoms with Crippen LogP contribution in [0.15, 0.2) is 23.1 Å². The lowest BCUT2D eigenvalue weighted by atomic mass is 10.3. The van der Waals surface area contributed by atoms with Crippen LogP contribution in [-0.2, 0) is 0 Å². The molecule has 1 aliphatic rings. The Morgan fingerprint density at radius 1 is 1.28 bits per heavy atom. The quantitative estimate of drug-likeness (QED) is 0.784. The minimum absolute atomic E-state index is 0.591. The van der Waals surface area contributed by atoms with Gasteiger partial charge in [-0.2, -0.15) is 0 Å². The average Bonchev–Trinajstić information content (AvgIpc) is 3.10. The first kappa shape index (κ1) is 10.6. The Morgan fingerprint density at radius 2 is 2.17 bits per heavy atom. The molecule has 3 heterocycles. The standard InChI is InChI=1S/C12H9BrN4S/c13-6-3-8-9-10(18-12(8)14-4-6)11(16-5-15-9)17-7-1-2-7/h3-5,7H,1-2H2,(H,15,16,17). The van der Waals surface area contributed by atoms with Crippen LogP contribution in [0.5, 0.6) is 0 Å². The van der Waals surface area contributed by atoms with Gasteiger partial charge < -0.3 is 5.32 Å². The predicted octanol–water partition coefficient (Wildman–Crippen LogP) is 3.58. The number of rotatable bonds is 2. The zero-order chi connectivity index (χ0) is 12.1. The van der Waals surface area contributed by atoms with Gasteiger partial charge in [0.25, 0.3) is 0 Å². The molecule has 0 radical (unpaired) electrons. The maximum absolute atomic E-state index is 4.43. The molecular formula is C12H9BrN4S. The molecule has 0 aromatic carbocycles. The molecule has 90 valence electrons. The van der Waals surface area contributed by atoms with Crippen molar-refractivity contribution in [1.82, 2.24) is 15.0 Å². The second-order valence-corrected chi connectivity index (χ2v) is 6.34. The summed E-state index contributed by atoms with van der Waals surface area (Å²) in [6, 6.07) is 2.66.